The van der Waals surface area contributed by atoms with Gasteiger partial charge in [-0.15, -0.1) is 0 Å². The van der Waals surface area contributed by atoms with E-state index in [4.69, 9.17) is 16.9 Å². The number of thioether (sulfide) groups is 1. The van der Waals surface area contributed by atoms with E-state index >= 15 is 0 Å². The Balaban J connectivity index is 1.60. The van der Waals surface area contributed by atoms with Gasteiger partial charge in [0.15, 0.2) is 9.84 Å². The minimum Gasteiger partial charge on any atom is -0.369 e. The summed E-state index contributed by atoms with van der Waals surface area (Å²) in [6, 6.07) is 13.4. The molecule has 1 fully saturated rings. The van der Waals surface area contributed by atoms with Crippen molar-refractivity contribution in [3.8, 4) is 6.07 Å². The zero-order chi connectivity index (χ0) is 20.9. The quantitative estimate of drug-likeness (QED) is 0.727. The van der Waals surface area contributed by atoms with Crippen molar-refractivity contribution < 1.29 is 13.2 Å². The highest BCUT2D eigenvalue weighted by atomic mass is 35.5. The number of halogens is 1. The van der Waals surface area contributed by atoms with E-state index in [9.17, 15) is 13.2 Å². The molecule has 6 nitrogen and oxygen atoms in total. The fraction of sp³-hybridized carbons (Fsp3) is 0.300. The van der Waals surface area contributed by atoms with Crippen molar-refractivity contribution in [2.75, 3.05) is 40.6 Å². The minimum atomic E-state index is -3.65. The first-order chi connectivity index (χ1) is 13.9. The first-order valence-electron chi connectivity index (χ1n) is 8.98. The Bertz CT molecular complexity index is 1030. The van der Waals surface area contributed by atoms with Gasteiger partial charge in [0.05, 0.1) is 28.1 Å². The van der Waals surface area contributed by atoms with E-state index in [0.717, 1.165) is 30.3 Å². The predicted molar refractivity (Wildman–Crippen MR) is 118 cm³/mol. The first kappa shape index (κ1) is 21.5. The molecule has 0 atom stereocenters. The summed E-state index contributed by atoms with van der Waals surface area (Å²) in [5.41, 5.74) is 2.36. The van der Waals surface area contributed by atoms with Gasteiger partial charge in [0.25, 0.3) is 0 Å². The van der Waals surface area contributed by atoms with Gasteiger partial charge in [-0.1, -0.05) is 23.7 Å². The number of hydrogen-bond donors (Lipinski definition) is 1. The molecular weight excluding hydrogens is 430 g/mol. The van der Waals surface area contributed by atoms with E-state index < -0.39 is 21.5 Å². The third kappa shape index (κ3) is 6.13. The van der Waals surface area contributed by atoms with E-state index in [1.54, 1.807) is 36.4 Å². The van der Waals surface area contributed by atoms with Gasteiger partial charge < -0.3 is 10.2 Å². The summed E-state index contributed by atoms with van der Waals surface area (Å²) in [5.74, 6) is 0.587. The summed E-state index contributed by atoms with van der Waals surface area (Å²) in [6.07, 6.45) is 0. The number of nitrogens with one attached hydrogen (secondary N) is 1. The van der Waals surface area contributed by atoms with Crippen LogP contribution in [-0.2, 0) is 20.4 Å². The number of anilines is 2. The molecule has 9 heteroatoms. The molecule has 29 heavy (non-hydrogen) atoms. The summed E-state index contributed by atoms with van der Waals surface area (Å²) >= 11 is 8.28. The van der Waals surface area contributed by atoms with Gasteiger partial charge in [-0.05, 0) is 35.9 Å². The summed E-state index contributed by atoms with van der Waals surface area (Å²) in [6.45, 7) is 1.84. The number of nitriles is 1. The smallest absolute Gasteiger partial charge is 0.239 e. The van der Waals surface area contributed by atoms with Crippen LogP contribution in [0.5, 0.6) is 0 Å². The maximum absolute atomic E-state index is 12.3. The van der Waals surface area contributed by atoms with Crippen LogP contribution in [-0.4, -0.2) is 44.7 Å². The van der Waals surface area contributed by atoms with E-state index in [2.05, 4.69) is 10.2 Å². The lowest BCUT2D eigenvalue weighted by Gasteiger charge is -2.29. The topological polar surface area (TPSA) is 90.3 Å². The highest BCUT2D eigenvalue weighted by Gasteiger charge is 2.19. The molecule has 2 aromatic rings. The minimum absolute atomic E-state index is 0.265. The van der Waals surface area contributed by atoms with Gasteiger partial charge in [0, 0.05) is 30.3 Å². The summed E-state index contributed by atoms with van der Waals surface area (Å²) in [4.78, 5) is 14.4. The Morgan fingerprint density at radius 1 is 1.17 bits per heavy atom. The Morgan fingerprint density at radius 2 is 1.86 bits per heavy atom. The van der Waals surface area contributed by atoms with Gasteiger partial charge in [-0.25, -0.2) is 8.42 Å². The SMILES string of the molecule is N#Cc1ccc(CS(=O)(=O)CC(=O)Nc2ccc(N3CCSCC3)c(Cl)c2)cc1. The Morgan fingerprint density at radius 3 is 2.48 bits per heavy atom. The molecule has 1 heterocycles. The van der Waals surface area contributed by atoms with Crippen LogP contribution < -0.4 is 10.2 Å². The second-order valence-corrected chi connectivity index (χ2v) is 10.4. The first-order valence-corrected chi connectivity index (χ1v) is 12.3. The molecule has 0 aromatic heterocycles. The third-order valence-electron chi connectivity index (χ3n) is 4.40. The van der Waals surface area contributed by atoms with Crippen LogP contribution >= 0.6 is 23.4 Å². The number of amides is 1. The van der Waals surface area contributed by atoms with Crippen LogP contribution in [0.25, 0.3) is 0 Å². The number of carbonyl (C=O) groups excluding carboxylic acids is 1. The van der Waals surface area contributed by atoms with Crippen LogP contribution in [0, 0.1) is 11.3 Å². The van der Waals surface area contributed by atoms with Crippen molar-refractivity contribution in [1.29, 1.82) is 5.26 Å². The van der Waals surface area contributed by atoms with Gasteiger partial charge in [0.1, 0.15) is 5.75 Å². The average Bonchev–Trinajstić information content (AvgIpc) is 2.68. The van der Waals surface area contributed by atoms with E-state index in [1.165, 1.54) is 0 Å². The molecule has 0 unspecified atom stereocenters. The highest BCUT2D eigenvalue weighted by molar-refractivity contribution is 7.99. The molecule has 0 bridgehead atoms. The monoisotopic (exact) mass is 449 g/mol. The molecule has 1 N–H and O–H groups in total. The van der Waals surface area contributed by atoms with Crippen molar-refractivity contribution in [2.24, 2.45) is 0 Å². The van der Waals surface area contributed by atoms with Crippen molar-refractivity contribution >= 4 is 50.5 Å². The summed E-state index contributed by atoms with van der Waals surface area (Å²) in [7, 11) is -3.65. The lowest BCUT2D eigenvalue weighted by molar-refractivity contribution is -0.113. The zero-order valence-corrected chi connectivity index (χ0v) is 18.0. The standard InChI is InChI=1S/C20H20ClN3O3S2/c21-18-11-17(5-6-19(18)24-7-9-28-10-8-24)23-20(25)14-29(26,27)13-16-3-1-15(12-22)2-4-16/h1-6,11H,7-10,13-14H2,(H,23,25). The molecule has 0 saturated carbocycles. The molecule has 1 aliphatic rings. The zero-order valence-electron chi connectivity index (χ0n) is 15.6. The largest absolute Gasteiger partial charge is 0.369 e. The molecule has 0 radical (unpaired) electrons. The molecule has 1 amide bonds. The Kier molecular flexibility index (Phi) is 7.06. The van der Waals surface area contributed by atoms with Crippen LogP contribution in [0.4, 0.5) is 11.4 Å². The van der Waals surface area contributed by atoms with E-state index in [1.807, 2.05) is 23.9 Å². The number of benzene rings is 2. The fourth-order valence-electron chi connectivity index (χ4n) is 3.02. The van der Waals surface area contributed by atoms with Crippen molar-refractivity contribution in [1.82, 2.24) is 0 Å². The Labute approximate surface area is 179 Å². The maximum Gasteiger partial charge on any atom is 0.239 e. The number of rotatable bonds is 6. The lowest BCUT2D eigenvalue weighted by Crippen LogP contribution is -2.32. The van der Waals surface area contributed by atoms with Crippen LogP contribution in [0.3, 0.4) is 0 Å². The van der Waals surface area contributed by atoms with Crippen LogP contribution in [0.15, 0.2) is 42.5 Å². The molecule has 0 spiro atoms. The molecule has 0 aliphatic carbocycles. The lowest BCUT2D eigenvalue weighted by atomic mass is 10.2. The van der Waals surface area contributed by atoms with Crippen molar-refractivity contribution in [3.05, 3.63) is 58.6 Å². The fourth-order valence-corrected chi connectivity index (χ4v) is 5.50. The molecule has 2 aromatic carbocycles. The number of carbonyl (C=O) groups is 1. The molecular formula is C20H20ClN3O3S2. The second kappa shape index (κ2) is 9.53. The predicted octanol–water partition coefficient (Wildman–Crippen LogP) is 3.32. The van der Waals surface area contributed by atoms with Gasteiger partial charge in [-0.2, -0.15) is 17.0 Å². The van der Waals surface area contributed by atoms with E-state index in [0.29, 0.717) is 21.8 Å². The molecule has 1 saturated heterocycles. The Hall–Kier alpha value is -2.21. The third-order valence-corrected chi connectivity index (χ3v) is 7.12. The summed E-state index contributed by atoms with van der Waals surface area (Å²) < 4.78 is 24.6. The van der Waals surface area contributed by atoms with E-state index in [-0.39, 0.29) is 5.75 Å². The van der Waals surface area contributed by atoms with Crippen molar-refractivity contribution in [3.63, 3.8) is 0 Å². The second-order valence-electron chi connectivity index (χ2n) is 6.65. The number of nitrogens with zero attached hydrogens (tertiary/aromatic N) is 2. The van der Waals surface area contributed by atoms with Crippen LogP contribution in [0.1, 0.15) is 11.1 Å². The van der Waals surface area contributed by atoms with Crippen LogP contribution in [0.2, 0.25) is 5.02 Å². The summed E-state index contributed by atoms with van der Waals surface area (Å²) in [5, 5.41) is 11.9. The van der Waals surface area contributed by atoms with Crippen molar-refractivity contribution in [2.45, 2.75) is 5.75 Å². The molecule has 1 aliphatic heterocycles. The van der Waals surface area contributed by atoms with Gasteiger partial charge >= 0.3 is 0 Å². The van der Waals surface area contributed by atoms with Gasteiger partial charge in [0.2, 0.25) is 5.91 Å². The van der Waals surface area contributed by atoms with Gasteiger partial charge in [-0.3, -0.25) is 4.79 Å². The number of hydrogen-bond acceptors (Lipinski definition) is 6. The molecule has 3 rings (SSSR count). The number of sulfone groups is 1. The average molecular weight is 450 g/mol. The normalized spacial score (nSPS) is 14.3. The highest BCUT2D eigenvalue weighted by Crippen LogP contribution is 2.30. The maximum atomic E-state index is 12.3. The molecule has 152 valence electrons.